The third kappa shape index (κ3) is 2.85. The van der Waals surface area contributed by atoms with Gasteiger partial charge in [0.1, 0.15) is 5.82 Å². The van der Waals surface area contributed by atoms with E-state index in [9.17, 15) is 18.0 Å². The molecule has 5 heteroatoms. The summed E-state index contributed by atoms with van der Waals surface area (Å²) in [6.45, 7) is 0. The molecule has 0 heterocycles. The summed E-state index contributed by atoms with van der Waals surface area (Å²) in [7, 11) is 1.19. The zero-order chi connectivity index (χ0) is 12.1. The minimum Gasteiger partial charge on any atom is -0.469 e. The van der Waals surface area contributed by atoms with E-state index < -0.39 is 29.0 Å². The van der Waals surface area contributed by atoms with Crippen molar-refractivity contribution in [1.29, 1.82) is 0 Å². The number of hydrogen-bond acceptors (Lipinski definition) is 2. The van der Waals surface area contributed by atoms with Crippen LogP contribution in [-0.4, -0.2) is 13.1 Å². The van der Waals surface area contributed by atoms with E-state index in [0.29, 0.717) is 6.07 Å². The van der Waals surface area contributed by atoms with Gasteiger partial charge in [-0.3, -0.25) is 4.79 Å². The largest absolute Gasteiger partial charge is 0.469 e. The number of carbonyl (C=O) groups excluding carboxylic acids is 1. The third-order valence-electron chi connectivity index (χ3n) is 1.88. The zero-order valence-corrected chi connectivity index (χ0v) is 8.47. The monoisotopic (exact) mass is 230 g/mol. The first-order chi connectivity index (χ1) is 7.56. The first kappa shape index (κ1) is 12.3. The van der Waals surface area contributed by atoms with Crippen molar-refractivity contribution in [2.75, 3.05) is 7.11 Å². The van der Waals surface area contributed by atoms with Crippen LogP contribution in [-0.2, 0) is 9.53 Å². The lowest BCUT2D eigenvalue weighted by atomic mass is 10.1. The Labute approximate surface area is 90.3 Å². The number of halogens is 3. The molecule has 0 saturated carbocycles. The maximum Gasteiger partial charge on any atom is 0.309 e. The summed E-state index contributed by atoms with van der Waals surface area (Å²) >= 11 is 0. The topological polar surface area (TPSA) is 26.3 Å². The third-order valence-corrected chi connectivity index (χ3v) is 1.88. The molecule has 1 rings (SSSR count). The number of benzene rings is 1. The highest BCUT2D eigenvalue weighted by Crippen LogP contribution is 2.17. The molecule has 0 atom stereocenters. The van der Waals surface area contributed by atoms with E-state index in [-0.39, 0.29) is 6.42 Å². The molecule has 0 fully saturated rings. The van der Waals surface area contributed by atoms with Gasteiger partial charge < -0.3 is 4.74 Å². The molecule has 0 amide bonds. The van der Waals surface area contributed by atoms with Crippen LogP contribution in [0.2, 0.25) is 0 Å². The van der Waals surface area contributed by atoms with E-state index in [4.69, 9.17) is 0 Å². The molecule has 1 aromatic rings. The molecule has 0 N–H and O–H groups in total. The van der Waals surface area contributed by atoms with Crippen LogP contribution in [0.4, 0.5) is 13.2 Å². The lowest BCUT2D eigenvalue weighted by Gasteiger charge is -2.00. The van der Waals surface area contributed by atoms with Gasteiger partial charge in [0.15, 0.2) is 11.6 Å². The number of hydrogen-bond donors (Lipinski definition) is 0. The van der Waals surface area contributed by atoms with Gasteiger partial charge in [-0.05, 0) is 12.1 Å². The molecule has 16 heavy (non-hydrogen) atoms. The number of rotatable bonds is 3. The number of esters is 1. The molecule has 0 aliphatic heterocycles. The Balaban J connectivity index is 2.88. The molecule has 0 bridgehead atoms. The van der Waals surface area contributed by atoms with Crippen LogP contribution in [0.3, 0.4) is 0 Å². The van der Waals surface area contributed by atoms with E-state index in [0.717, 1.165) is 12.1 Å². The summed E-state index contributed by atoms with van der Waals surface area (Å²) < 4.78 is 43.2. The van der Waals surface area contributed by atoms with Gasteiger partial charge in [-0.1, -0.05) is 12.2 Å². The summed E-state index contributed by atoms with van der Waals surface area (Å²) in [5.41, 5.74) is -0.510. The van der Waals surface area contributed by atoms with Crippen molar-refractivity contribution >= 4 is 12.0 Å². The summed E-state index contributed by atoms with van der Waals surface area (Å²) in [6.07, 6.45) is 2.07. The fourth-order valence-electron chi connectivity index (χ4n) is 1.05. The zero-order valence-electron chi connectivity index (χ0n) is 8.47. The molecule has 0 aromatic heterocycles. The van der Waals surface area contributed by atoms with E-state index in [2.05, 4.69) is 4.74 Å². The normalized spacial score (nSPS) is 10.8. The molecule has 1 aromatic carbocycles. The predicted molar refractivity (Wildman–Crippen MR) is 52.0 cm³/mol. The average molecular weight is 230 g/mol. The van der Waals surface area contributed by atoms with Crippen molar-refractivity contribution in [3.05, 3.63) is 41.2 Å². The van der Waals surface area contributed by atoms with Gasteiger partial charge in [0.25, 0.3) is 0 Å². The average Bonchev–Trinajstić information content (AvgIpc) is 2.28. The Morgan fingerprint density at radius 1 is 1.31 bits per heavy atom. The standard InChI is InChI=1S/C11H9F3O2/c1-16-10(15)4-2-3-7-8(12)5-6-9(13)11(7)14/h2-3,5-6H,4H2,1H3. The minimum absolute atomic E-state index is 0.133. The quantitative estimate of drug-likeness (QED) is 0.589. The van der Waals surface area contributed by atoms with Gasteiger partial charge >= 0.3 is 5.97 Å². The molecule has 0 aliphatic rings. The fourth-order valence-corrected chi connectivity index (χ4v) is 1.05. The van der Waals surface area contributed by atoms with Gasteiger partial charge in [-0.15, -0.1) is 0 Å². The summed E-state index contributed by atoms with van der Waals surface area (Å²) in [4.78, 5) is 10.7. The Morgan fingerprint density at radius 3 is 2.56 bits per heavy atom. The van der Waals surface area contributed by atoms with Gasteiger partial charge in [-0.2, -0.15) is 0 Å². The molecule has 0 radical (unpaired) electrons. The fraction of sp³-hybridized carbons (Fsp3) is 0.182. The van der Waals surface area contributed by atoms with Crippen molar-refractivity contribution in [2.45, 2.75) is 6.42 Å². The smallest absolute Gasteiger partial charge is 0.309 e. The van der Waals surface area contributed by atoms with Crippen molar-refractivity contribution in [2.24, 2.45) is 0 Å². The molecule has 0 spiro atoms. The van der Waals surface area contributed by atoms with Crippen molar-refractivity contribution in [1.82, 2.24) is 0 Å². The lowest BCUT2D eigenvalue weighted by Crippen LogP contribution is -1.97. The second-order valence-electron chi connectivity index (χ2n) is 2.94. The van der Waals surface area contributed by atoms with Crippen molar-refractivity contribution in [3.63, 3.8) is 0 Å². The minimum atomic E-state index is -1.28. The van der Waals surface area contributed by atoms with Crippen LogP contribution >= 0.6 is 0 Å². The van der Waals surface area contributed by atoms with Crippen LogP contribution in [0.15, 0.2) is 18.2 Å². The second-order valence-corrected chi connectivity index (χ2v) is 2.94. The SMILES string of the molecule is COC(=O)CC=Cc1c(F)ccc(F)c1F. The van der Waals surface area contributed by atoms with Gasteiger partial charge in [0.05, 0.1) is 13.5 Å². The van der Waals surface area contributed by atoms with Gasteiger partial charge in [0, 0.05) is 5.56 Å². The van der Waals surface area contributed by atoms with Crippen LogP contribution in [0.5, 0.6) is 0 Å². The van der Waals surface area contributed by atoms with E-state index in [1.165, 1.54) is 13.2 Å². The summed E-state index contributed by atoms with van der Waals surface area (Å²) in [5.74, 6) is -3.85. The molecule has 86 valence electrons. The van der Waals surface area contributed by atoms with Crippen LogP contribution in [0, 0.1) is 17.5 Å². The first-order valence-electron chi connectivity index (χ1n) is 4.43. The number of ether oxygens (including phenoxy) is 1. The predicted octanol–water partition coefficient (Wildman–Crippen LogP) is 2.68. The number of methoxy groups -OCH3 is 1. The highest BCUT2D eigenvalue weighted by Gasteiger charge is 2.10. The van der Waals surface area contributed by atoms with Gasteiger partial charge in [-0.25, -0.2) is 13.2 Å². The second kappa shape index (κ2) is 5.34. The molecule has 0 unspecified atom stereocenters. The Bertz CT molecular complexity index is 427. The Kier molecular flexibility index (Phi) is 4.10. The molecule has 2 nitrogen and oxygen atoms in total. The Morgan fingerprint density at radius 2 is 1.94 bits per heavy atom. The van der Waals surface area contributed by atoms with E-state index in [1.54, 1.807) is 0 Å². The molecule has 0 saturated heterocycles. The summed E-state index contributed by atoms with van der Waals surface area (Å²) in [6, 6.07) is 1.51. The van der Waals surface area contributed by atoms with Crippen LogP contribution in [0.25, 0.3) is 6.08 Å². The summed E-state index contributed by atoms with van der Waals surface area (Å²) in [5, 5.41) is 0. The maximum absolute atomic E-state index is 13.1. The van der Waals surface area contributed by atoms with Crippen LogP contribution < -0.4 is 0 Å². The van der Waals surface area contributed by atoms with Crippen LogP contribution in [0.1, 0.15) is 12.0 Å². The van der Waals surface area contributed by atoms with Crippen molar-refractivity contribution < 1.29 is 22.7 Å². The molecular formula is C11H9F3O2. The first-order valence-corrected chi connectivity index (χ1v) is 4.43. The highest BCUT2D eigenvalue weighted by atomic mass is 19.2. The number of carbonyl (C=O) groups is 1. The van der Waals surface area contributed by atoms with Crippen molar-refractivity contribution in [3.8, 4) is 0 Å². The maximum atomic E-state index is 13.1. The molecule has 0 aliphatic carbocycles. The lowest BCUT2D eigenvalue weighted by molar-refractivity contribution is -0.139. The van der Waals surface area contributed by atoms with E-state index in [1.807, 2.05) is 0 Å². The van der Waals surface area contributed by atoms with E-state index >= 15 is 0 Å². The van der Waals surface area contributed by atoms with Gasteiger partial charge in [0.2, 0.25) is 0 Å². The molecular weight excluding hydrogens is 221 g/mol. The Hall–Kier alpha value is -1.78. The highest BCUT2D eigenvalue weighted by molar-refractivity contribution is 5.72.